The monoisotopic (exact) mass is 256 g/mol. The maximum atomic E-state index is 11.7. The van der Waals surface area contributed by atoms with Crippen molar-refractivity contribution in [2.75, 3.05) is 6.61 Å². The summed E-state index contributed by atoms with van der Waals surface area (Å²) < 4.78 is 5.12. The number of carbonyl (C=O) groups excluding carboxylic acids is 1. The average molecular weight is 256 g/mol. The molecule has 0 unspecified atom stereocenters. The lowest BCUT2D eigenvalue weighted by molar-refractivity contribution is 0.0454. The number of hydrogen-bond donors (Lipinski definition) is 2. The topological polar surface area (TPSA) is 66.8 Å². The Morgan fingerprint density at radius 1 is 1.05 bits per heavy atom. The van der Waals surface area contributed by atoms with E-state index >= 15 is 0 Å². The second-order valence-electron chi connectivity index (χ2n) is 4.48. The molecule has 19 heavy (non-hydrogen) atoms. The molecule has 1 heterocycles. The number of benzene rings is 2. The quantitative estimate of drug-likeness (QED) is 0.769. The van der Waals surface area contributed by atoms with Gasteiger partial charge < -0.3 is 14.9 Å². The Kier molecular flexibility index (Phi) is 2.63. The summed E-state index contributed by atoms with van der Waals surface area (Å²) in [6, 6.07) is 11.7. The number of esters is 1. The van der Waals surface area contributed by atoms with E-state index < -0.39 is 5.97 Å². The first kappa shape index (κ1) is 11.6. The van der Waals surface area contributed by atoms with Gasteiger partial charge >= 0.3 is 5.97 Å². The van der Waals surface area contributed by atoms with Crippen LogP contribution in [-0.2, 0) is 4.74 Å². The highest BCUT2D eigenvalue weighted by Gasteiger charge is 2.30. The molecule has 1 aliphatic heterocycles. The summed E-state index contributed by atoms with van der Waals surface area (Å²) in [5.74, 6) is -0.498. The molecule has 0 saturated carbocycles. The minimum Gasteiger partial charge on any atom is -0.508 e. The van der Waals surface area contributed by atoms with Crippen LogP contribution in [0.5, 0.6) is 11.5 Å². The summed E-state index contributed by atoms with van der Waals surface area (Å²) in [6.07, 6.45) is 0. The first-order chi connectivity index (χ1) is 9.16. The van der Waals surface area contributed by atoms with Crippen LogP contribution in [0.3, 0.4) is 0 Å². The highest BCUT2D eigenvalue weighted by molar-refractivity contribution is 5.95. The molecule has 96 valence electrons. The Labute approximate surface area is 109 Å². The summed E-state index contributed by atoms with van der Waals surface area (Å²) in [5, 5.41) is 19.1. The molecule has 0 aliphatic carbocycles. The number of cyclic esters (lactones) is 1. The van der Waals surface area contributed by atoms with Crippen LogP contribution in [0.4, 0.5) is 0 Å². The summed E-state index contributed by atoms with van der Waals surface area (Å²) in [5.41, 5.74) is 1.91. The van der Waals surface area contributed by atoms with Gasteiger partial charge in [-0.05, 0) is 29.3 Å². The van der Waals surface area contributed by atoms with Crippen molar-refractivity contribution >= 4 is 5.97 Å². The third kappa shape index (κ3) is 1.91. The zero-order chi connectivity index (χ0) is 13.4. The predicted molar refractivity (Wildman–Crippen MR) is 68.3 cm³/mol. The lowest BCUT2D eigenvalue weighted by atomic mass is 9.86. The minimum absolute atomic E-state index is 0.0639. The number of phenolic OH excluding ortho intramolecular Hbond substituents is 2. The maximum Gasteiger partial charge on any atom is 0.342 e. The molecule has 0 aromatic heterocycles. The van der Waals surface area contributed by atoms with Gasteiger partial charge in [0.05, 0.1) is 0 Å². The zero-order valence-corrected chi connectivity index (χ0v) is 10.0. The van der Waals surface area contributed by atoms with Crippen LogP contribution in [0.15, 0.2) is 42.5 Å². The largest absolute Gasteiger partial charge is 0.508 e. The summed E-state index contributed by atoms with van der Waals surface area (Å²) in [4.78, 5) is 11.7. The molecule has 4 heteroatoms. The second kappa shape index (κ2) is 4.31. The van der Waals surface area contributed by atoms with Gasteiger partial charge in [0.2, 0.25) is 0 Å². The molecule has 2 aromatic rings. The molecular weight excluding hydrogens is 244 g/mol. The van der Waals surface area contributed by atoms with Crippen molar-refractivity contribution in [1.82, 2.24) is 0 Å². The lowest BCUT2D eigenvalue weighted by Gasteiger charge is -2.25. The van der Waals surface area contributed by atoms with Gasteiger partial charge in [0.25, 0.3) is 0 Å². The van der Waals surface area contributed by atoms with Crippen LogP contribution in [0, 0.1) is 0 Å². The number of fused-ring (bicyclic) bond motifs is 1. The molecule has 0 radical (unpaired) electrons. The first-order valence-electron chi connectivity index (χ1n) is 5.95. The van der Waals surface area contributed by atoms with Crippen molar-refractivity contribution in [1.29, 1.82) is 0 Å². The van der Waals surface area contributed by atoms with E-state index in [4.69, 9.17) is 4.74 Å². The highest BCUT2D eigenvalue weighted by atomic mass is 16.5. The lowest BCUT2D eigenvalue weighted by Crippen LogP contribution is -2.23. The molecule has 4 nitrogen and oxygen atoms in total. The molecule has 0 saturated heterocycles. The third-order valence-electron chi connectivity index (χ3n) is 3.33. The molecule has 2 aromatic carbocycles. The molecule has 0 bridgehead atoms. The standard InChI is InChI=1S/C15H12O4/c16-10-6-4-9(5-7-10)12-8-19-15(18)14-11(12)2-1-3-13(14)17/h1-7,12,16-17H,8H2/t12-/m1/s1. The van der Waals surface area contributed by atoms with Gasteiger partial charge in [0.1, 0.15) is 23.7 Å². The average Bonchev–Trinajstić information content (AvgIpc) is 2.41. The molecule has 0 amide bonds. The number of rotatable bonds is 1. The summed E-state index contributed by atoms with van der Waals surface area (Å²) in [6.45, 7) is 0.236. The van der Waals surface area contributed by atoms with Crippen molar-refractivity contribution in [2.45, 2.75) is 5.92 Å². The summed E-state index contributed by atoms with van der Waals surface area (Å²) >= 11 is 0. The molecule has 3 rings (SSSR count). The van der Waals surface area contributed by atoms with Crippen LogP contribution in [0.25, 0.3) is 0 Å². The number of ether oxygens (including phenoxy) is 1. The predicted octanol–water partition coefficient (Wildman–Crippen LogP) is 2.40. The zero-order valence-electron chi connectivity index (χ0n) is 10.0. The molecular formula is C15H12O4. The van der Waals surface area contributed by atoms with Crippen molar-refractivity contribution in [3.63, 3.8) is 0 Å². The Balaban J connectivity index is 2.11. The SMILES string of the molecule is O=C1OC[C@H](c2ccc(O)cc2)c2cccc(O)c21. The number of hydrogen-bond acceptors (Lipinski definition) is 4. The van der Waals surface area contributed by atoms with Gasteiger partial charge in [0.15, 0.2) is 0 Å². The van der Waals surface area contributed by atoms with Crippen LogP contribution in [0.2, 0.25) is 0 Å². The Morgan fingerprint density at radius 3 is 2.53 bits per heavy atom. The normalized spacial score (nSPS) is 17.7. The molecule has 2 N–H and O–H groups in total. The van der Waals surface area contributed by atoms with Crippen molar-refractivity contribution in [2.24, 2.45) is 0 Å². The van der Waals surface area contributed by atoms with Crippen LogP contribution in [0.1, 0.15) is 27.4 Å². The molecule has 0 fully saturated rings. The van der Waals surface area contributed by atoms with E-state index in [1.165, 1.54) is 6.07 Å². The van der Waals surface area contributed by atoms with E-state index in [1.54, 1.807) is 30.3 Å². The maximum absolute atomic E-state index is 11.7. The van der Waals surface area contributed by atoms with Gasteiger partial charge in [-0.25, -0.2) is 4.79 Å². The van der Waals surface area contributed by atoms with Gasteiger partial charge in [-0.3, -0.25) is 0 Å². The Hall–Kier alpha value is -2.49. The van der Waals surface area contributed by atoms with Gasteiger partial charge in [-0.15, -0.1) is 0 Å². The van der Waals surface area contributed by atoms with Crippen molar-refractivity contribution in [3.05, 3.63) is 59.2 Å². The molecule has 1 aliphatic rings. The van der Waals surface area contributed by atoms with Gasteiger partial charge in [-0.1, -0.05) is 24.3 Å². The number of aromatic hydroxyl groups is 2. The number of carbonyl (C=O) groups is 1. The Morgan fingerprint density at radius 2 is 1.79 bits per heavy atom. The fourth-order valence-corrected chi connectivity index (χ4v) is 2.37. The van der Waals surface area contributed by atoms with Crippen molar-refractivity contribution < 1.29 is 19.7 Å². The fourth-order valence-electron chi connectivity index (χ4n) is 2.37. The molecule has 1 atom stereocenters. The van der Waals surface area contributed by atoms with Crippen molar-refractivity contribution in [3.8, 4) is 11.5 Å². The second-order valence-corrected chi connectivity index (χ2v) is 4.48. The number of phenols is 2. The Bertz CT molecular complexity index is 631. The van der Waals surface area contributed by atoms with Gasteiger partial charge in [-0.2, -0.15) is 0 Å². The van der Waals surface area contributed by atoms with Gasteiger partial charge in [0, 0.05) is 5.92 Å². The van der Waals surface area contributed by atoms with E-state index in [2.05, 4.69) is 0 Å². The summed E-state index contributed by atoms with van der Waals surface area (Å²) in [7, 11) is 0. The fraction of sp³-hybridized carbons (Fsp3) is 0.133. The van der Waals surface area contributed by atoms with E-state index in [9.17, 15) is 15.0 Å². The first-order valence-corrected chi connectivity index (χ1v) is 5.95. The van der Waals surface area contributed by atoms with Crippen LogP contribution < -0.4 is 0 Å². The van der Waals surface area contributed by atoms with Crippen LogP contribution >= 0.6 is 0 Å². The van der Waals surface area contributed by atoms with Crippen LogP contribution in [-0.4, -0.2) is 22.8 Å². The van der Waals surface area contributed by atoms with E-state index in [0.717, 1.165) is 11.1 Å². The molecule has 0 spiro atoms. The smallest absolute Gasteiger partial charge is 0.342 e. The van der Waals surface area contributed by atoms with E-state index in [0.29, 0.717) is 0 Å². The minimum atomic E-state index is -0.497. The highest BCUT2D eigenvalue weighted by Crippen LogP contribution is 2.36. The van der Waals surface area contributed by atoms with E-state index in [1.807, 2.05) is 6.07 Å². The van der Waals surface area contributed by atoms with E-state index in [-0.39, 0.29) is 29.6 Å². The third-order valence-corrected chi connectivity index (χ3v) is 3.33.